The van der Waals surface area contributed by atoms with Crippen molar-refractivity contribution in [3.63, 3.8) is 0 Å². The summed E-state index contributed by atoms with van der Waals surface area (Å²) in [6.45, 7) is -0.293. The van der Waals surface area contributed by atoms with Gasteiger partial charge in [0.1, 0.15) is 6.54 Å². The van der Waals surface area contributed by atoms with Crippen LogP contribution in [0.15, 0.2) is 53.0 Å². The van der Waals surface area contributed by atoms with Crippen molar-refractivity contribution in [3.8, 4) is 0 Å². The maximum Gasteiger partial charge on any atom is 0.261 e. The van der Waals surface area contributed by atoms with E-state index in [2.05, 4.69) is 21.2 Å². The van der Waals surface area contributed by atoms with Crippen LogP contribution in [0.2, 0.25) is 0 Å². The Morgan fingerprint density at radius 2 is 1.91 bits per heavy atom. The molecule has 1 heterocycles. The molecular weight excluding hydrogens is 360 g/mol. The molecule has 0 aromatic heterocycles. The van der Waals surface area contributed by atoms with Gasteiger partial charge >= 0.3 is 0 Å². The summed E-state index contributed by atoms with van der Waals surface area (Å²) < 4.78 is 0.828. The predicted octanol–water partition coefficient (Wildman–Crippen LogP) is 2.61. The van der Waals surface area contributed by atoms with Crippen molar-refractivity contribution in [2.45, 2.75) is 6.42 Å². The highest BCUT2D eigenvalue weighted by Gasteiger charge is 2.31. The fourth-order valence-electron chi connectivity index (χ4n) is 2.47. The number of nitrogens with one attached hydrogen (secondary N) is 1. The molecule has 1 aliphatic heterocycles. The number of benzene rings is 2. The number of fused-ring (bicyclic) bond motifs is 1. The van der Waals surface area contributed by atoms with E-state index >= 15 is 0 Å². The second kappa shape index (κ2) is 6.34. The summed E-state index contributed by atoms with van der Waals surface area (Å²) in [5.74, 6) is -1.21. The third kappa shape index (κ3) is 3.32. The number of carbonyl (C=O) groups is 3. The van der Waals surface area contributed by atoms with Gasteiger partial charge in [0.15, 0.2) is 0 Å². The molecule has 2 aromatic rings. The van der Waals surface area contributed by atoms with Crippen molar-refractivity contribution in [2.24, 2.45) is 0 Å². The summed E-state index contributed by atoms with van der Waals surface area (Å²) in [5, 5.41) is 2.68. The molecule has 1 N–H and O–H groups in total. The van der Waals surface area contributed by atoms with Crippen LogP contribution in [-0.4, -0.2) is 29.2 Å². The van der Waals surface area contributed by atoms with Crippen molar-refractivity contribution >= 4 is 39.3 Å². The lowest BCUT2D eigenvalue weighted by atomic mass is 9.98. The van der Waals surface area contributed by atoms with E-state index in [1.54, 1.807) is 42.5 Å². The van der Waals surface area contributed by atoms with Crippen LogP contribution in [0, 0.1) is 0 Å². The Bertz CT molecular complexity index is 804. The van der Waals surface area contributed by atoms with E-state index in [4.69, 9.17) is 0 Å². The van der Waals surface area contributed by atoms with E-state index in [-0.39, 0.29) is 18.9 Å². The van der Waals surface area contributed by atoms with Crippen LogP contribution in [0.25, 0.3) is 0 Å². The fourth-order valence-corrected chi connectivity index (χ4v) is 2.87. The molecule has 6 heteroatoms. The maximum atomic E-state index is 12.4. The minimum atomic E-state index is -0.429. The topological polar surface area (TPSA) is 66.5 Å². The van der Waals surface area contributed by atoms with Crippen LogP contribution < -0.4 is 5.32 Å². The number of hydrogen-bond acceptors (Lipinski definition) is 3. The van der Waals surface area contributed by atoms with Gasteiger partial charge in [0, 0.05) is 15.7 Å². The average molecular weight is 373 g/mol. The molecular formula is C17H13BrN2O3. The molecule has 3 amide bonds. The van der Waals surface area contributed by atoms with Crippen molar-refractivity contribution in [1.82, 2.24) is 4.90 Å². The number of imide groups is 1. The molecule has 1 aliphatic rings. The summed E-state index contributed by atoms with van der Waals surface area (Å²) >= 11 is 3.32. The predicted molar refractivity (Wildman–Crippen MR) is 89.0 cm³/mol. The second-order valence-electron chi connectivity index (χ2n) is 5.18. The Balaban J connectivity index is 1.74. The van der Waals surface area contributed by atoms with Gasteiger partial charge in [0.25, 0.3) is 5.91 Å². The molecule has 23 heavy (non-hydrogen) atoms. The molecule has 0 fully saturated rings. The normalized spacial score (nSPS) is 13.7. The van der Waals surface area contributed by atoms with Gasteiger partial charge in [0.05, 0.1) is 6.42 Å². The Hall–Kier alpha value is -2.47. The Kier molecular flexibility index (Phi) is 4.25. The highest BCUT2D eigenvalue weighted by Crippen LogP contribution is 2.20. The zero-order chi connectivity index (χ0) is 16.4. The van der Waals surface area contributed by atoms with Crippen molar-refractivity contribution in [3.05, 3.63) is 64.1 Å². The first-order valence-corrected chi connectivity index (χ1v) is 7.82. The van der Waals surface area contributed by atoms with E-state index in [1.165, 1.54) is 0 Å². The van der Waals surface area contributed by atoms with Gasteiger partial charge in [-0.15, -0.1) is 0 Å². The third-order valence-electron chi connectivity index (χ3n) is 3.55. The monoisotopic (exact) mass is 372 g/mol. The maximum absolute atomic E-state index is 12.4. The lowest BCUT2D eigenvalue weighted by Crippen LogP contribution is -2.46. The number of amides is 3. The first kappa shape index (κ1) is 15.4. The standard InChI is InChI=1S/C17H13BrN2O3/c18-12-5-3-6-13(9-12)19-15(21)10-20-16(22)8-11-4-1-2-7-14(11)17(20)23/h1-7,9H,8,10H2,(H,19,21). The molecule has 0 radical (unpaired) electrons. The van der Waals surface area contributed by atoms with E-state index in [0.29, 0.717) is 16.8 Å². The fraction of sp³-hybridized carbons (Fsp3) is 0.118. The molecule has 0 saturated carbocycles. The van der Waals surface area contributed by atoms with Crippen LogP contribution in [0.4, 0.5) is 5.69 Å². The van der Waals surface area contributed by atoms with Crippen molar-refractivity contribution < 1.29 is 14.4 Å². The lowest BCUT2D eigenvalue weighted by Gasteiger charge is -2.26. The van der Waals surface area contributed by atoms with Gasteiger partial charge in [-0.3, -0.25) is 19.3 Å². The first-order chi connectivity index (χ1) is 11.0. The highest BCUT2D eigenvalue weighted by atomic mass is 79.9. The zero-order valence-electron chi connectivity index (χ0n) is 12.1. The summed E-state index contributed by atoms with van der Waals surface area (Å²) in [6, 6.07) is 14.1. The summed E-state index contributed by atoms with van der Waals surface area (Å²) in [4.78, 5) is 37.6. The smallest absolute Gasteiger partial charge is 0.261 e. The van der Waals surface area contributed by atoms with Crippen LogP contribution >= 0.6 is 15.9 Å². The molecule has 5 nitrogen and oxygen atoms in total. The van der Waals surface area contributed by atoms with Crippen LogP contribution in [-0.2, 0) is 16.0 Å². The Morgan fingerprint density at radius 1 is 1.13 bits per heavy atom. The summed E-state index contributed by atoms with van der Waals surface area (Å²) in [5.41, 5.74) is 1.77. The Morgan fingerprint density at radius 3 is 2.70 bits per heavy atom. The molecule has 0 spiro atoms. The van der Waals surface area contributed by atoms with Gasteiger partial charge in [-0.05, 0) is 29.8 Å². The van der Waals surface area contributed by atoms with E-state index in [0.717, 1.165) is 9.37 Å². The molecule has 3 rings (SSSR count). The minimum Gasteiger partial charge on any atom is -0.324 e. The molecule has 0 unspecified atom stereocenters. The lowest BCUT2D eigenvalue weighted by molar-refractivity contribution is -0.131. The third-order valence-corrected chi connectivity index (χ3v) is 4.04. The molecule has 0 saturated heterocycles. The van der Waals surface area contributed by atoms with Crippen LogP contribution in [0.5, 0.6) is 0 Å². The van der Waals surface area contributed by atoms with Gasteiger partial charge in [-0.1, -0.05) is 40.2 Å². The van der Waals surface area contributed by atoms with Gasteiger partial charge in [-0.2, -0.15) is 0 Å². The number of anilines is 1. The summed E-state index contributed by atoms with van der Waals surface area (Å²) in [7, 11) is 0. The largest absolute Gasteiger partial charge is 0.324 e. The molecule has 0 atom stereocenters. The number of carbonyl (C=O) groups excluding carboxylic acids is 3. The van der Waals surface area contributed by atoms with E-state index in [1.807, 2.05) is 6.07 Å². The molecule has 0 bridgehead atoms. The number of halogens is 1. The quantitative estimate of drug-likeness (QED) is 0.842. The van der Waals surface area contributed by atoms with Crippen molar-refractivity contribution in [1.29, 1.82) is 0 Å². The molecule has 116 valence electrons. The SMILES string of the molecule is O=C(CN1C(=O)Cc2ccccc2C1=O)Nc1cccc(Br)c1. The average Bonchev–Trinajstić information content (AvgIpc) is 2.51. The number of rotatable bonds is 3. The van der Waals surface area contributed by atoms with Gasteiger partial charge in [-0.25, -0.2) is 0 Å². The molecule has 2 aromatic carbocycles. The van der Waals surface area contributed by atoms with Crippen LogP contribution in [0.1, 0.15) is 15.9 Å². The first-order valence-electron chi connectivity index (χ1n) is 7.02. The number of nitrogens with zero attached hydrogens (tertiary/aromatic N) is 1. The van der Waals surface area contributed by atoms with Crippen LogP contribution in [0.3, 0.4) is 0 Å². The highest BCUT2D eigenvalue weighted by molar-refractivity contribution is 9.10. The van der Waals surface area contributed by atoms with Crippen molar-refractivity contribution in [2.75, 3.05) is 11.9 Å². The van der Waals surface area contributed by atoms with Gasteiger partial charge < -0.3 is 5.32 Å². The van der Waals surface area contributed by atoms with E-state index < -0.39 is 11.8 Å². The van der Waals surface area contributed by atoms with Gasteiger partial charge in [0.2, 0.25) is 11.8 Å². The minimum absolute atomic E-state index is 0.131. The Labute approximate surface area is 141 Å². The number of hydrogen-bond donors (Lipinski definition) is 1. The second-order valence-corrected chi connectivity index (χ2v) is 6.09. The summed E-state index contributed by atoms with van der Waals surface area (Å²) in [6.07, 6.45) is 0.131. The zero-order valence-corrected chi connectivity index (χ0v) is 13.7. The molecule has 0 aliphatic carbocycles. The van der Waals surface area contributed by atoms with E-state index in [9.17, 15) is 14.4 Å².